The fourth-order valence-electron chi connectivity index (χ4n) is 4.58. The first kappa shape index (κ1) is 30.2. The Hall–Kier alpha value is -3.31. The molecule has 2 aromatic carbocycles. The highest BCUT2D eigenvalue weighted by Crippen LogP contribution is 2.38. The second-order valence-corrected chi connectivity index (χ2v) is 11.1. The van der Waals surface area contributed by atoms with Crippen LogP contribution < -0.4 is 10.9 Å². The van der Waals surface area contributed by atoms with E-state index in [1.54, 1.807) is 9.13 Å². The molecule has 0 atom stereocenters. The highest BCUT2D eigenvalue weighted by atomic mass is 35.5. The third-order valence-corrected chi connectivity index (χ3v) is 7.76. The van der Waals surface area contributed by atoms with Gasteiger partial charge in [-0.3, -0.25) is 14.4 Å². The highest BCUT2D eigenvalue weighted by Gasteiger charge is 2.28. The Kier molecular flexibility index (Phi) is 8.71. The minimum absolute atomic E-state index is 0.0468. The second kappa shape index (κ2) is 12.1. The van der Waals surface area contributed by atoms with Gasteiger partial charge < -0.3 is 18.6 Å². The van der Waals surface area contributed by atoms with E-state index in [0.29, 0.717) is 11.0 Å². The van der Waals surface area contributed by atoms with Crippen LogP contribution in [0, 0.1) is 11.6 Å². The van der Waals surface area contributed by atoms with Gasteiger partial charge in [-0.25, -0.2) is 13.6 Å². The molecule has 2 fully saturated rings. The molecule has 0 unspecified atom stereocenters. The molecular formula is C29H23Cl3F2N2O6. The number of methoxy groups -OCH3 is 1. The van der Waals surface area contributed by atoms with Crippen molar-refractivity contribution >= 4 is 67.8 Å². The van der Waals surface area contributed by atoms with Crippen molar-refractivity contribution in [3.05, 3.63) is 89.9 Å². The van der Waals surface area contributed by atoms with E-state index in [2.05, 4.69) is 0 Å². The van der Waals surface area contributed by atoms with Gasteiger partial charge in [0.05, 0.1) is 33.2 Å². The van der Waals surface area contributed by atoms with Crippen molar-refractivity contribution in [1.82, 2.24) is 9.13 Å². The van der Waals surface area contributed by atoms with Crippen LogP contribution in [0.4, 0.5) is 8.78 Å². The number of aromatic nitrogens is 2. The highest BCUT2D eigenvalue weighted by molar-refractivity contribution is 6.67. The summed E-state index contributed by atoms with van der Waals surface area (Å²) in [5.41, 5.74) is -0.319. The minimum Gasteiger partial charge on any atom is -0.460 e. The lowest BCUT2D eigenvalue weighted by atomic mass is 10.1. The van der Waals surface area contributed by atoms with Crippen LogP contribution in [0.1, 0.15) is 58.5 Å². The van der Waals surface area contributed by atoms with Crippen molar-refractivity contribution < 1.29 is 27.8 Å². The summed E-state index contributed by atoms with van der Waals surface area (Å²) in [4.78, 5) is 48.0. The van der Waals surface area contributed by atoms with Crippen molar-refractivity contribution in [2.75, 3.05) is 20.3 Å². The van der Waals surface area contributed by atoms with Gasteiger partial charge in [0.2, 0.25) is 10.9 Å². The molecule has 0 amide bonds. The van der Waals surface area contributed by atoms with Gasteiger partial charge in [-0.1, -0.05) is 23.2 Å². The Labute approximate surface area is 252 Å². The van der Waals surface area contributed by atoms with Gasteiger partial charge in [0.1, 0.15) is 23.8 Å². The number of fused-ring (bicyclic) bond motifs is 2. The number of carbonyl (C=O) groups is 2. The lowest BCUT2D eigenvalue weighted by Crippen LogP contribution is -2.22. The third-order valence-electron chi connectivity index (χ3n) is 6.98. The van der Waals surface area contributed by atoms with Gasteiger partial charge in [0, 0.05) is 42.4 Å². The summed E-state index contributed by atoms with van der Waals surface area (Å²) in [6.45, 7) is 0.283. The standard InChI is InChI=1S/C16H15ClFNO4.C13H8Cl2FNO2/c1-22-4-5-23-16(21)11-8-19(9-2-3-9)14-7-12(17)13(18)6-10(14)15(11)20;14-9-4-11-7(3-10(9)16)12(18)8(13(15)19)5-17(11)6-1-2-6/h6-9H,2-5H2,1H3;3-6H,1-2H2. The number of hydrogen-bond acceptors (Lipinski definition) is 6. The van der Waals surface area contributed by atoms with E-state index in [0.717, 1.165) is 37.8 Å². The lowest BCUT2D eigenvalue weighted by Gasteiger charge is -2.13. The Balaban J connectivity index is 0.000000171. The maximum atomic E-state index is 13.7. The summed E-state index contributed by atoms with van der Waals surface area (Å²) >= 11 is 17.0. The van der Waals surface area contributed by atoms with Crippen LogP contribution in [-0.2, 0) is 9.47 Å². The molecule has 6 rings (SSSR count). The molecule has 2 heterocycles. The van der Waals surface area contributed by atoms with Crippen molar-refractivity contribution in [2.24, 2.45) is 0 Å². The van der Waals surface area contributed by atoms with Gasteiger partial charge >= 0.3 is 5.97 Å². The topological polar surface area (TPSA) is 96.6 Å². The van der Waals surface area contributed by atoms with Gasteiger partial charge in [0.25, 0.3) is 5.24 Å². The van der Waals surface area contributed by atoms with E-state index < -0.39 is 33.7 Å². The Morgan fingerprint density at radius 1 is 0.810 bits per heavy atom. The zero-order valence-electron chi connectivity index (χ0n) is 22.1. The smallest absolute Gasteiger partial charge is 0.343 e. The summed E-state index contributed by atoms with van der Waals surface area (Å²) in [5, 5.41) is -0.690. The molecule has 0 aliphatic heterocycles. The lowest BCUT2D eigenvalue weighted by molar-refractivity contribution is 0.0386. The Bertz CT molecular complexity index is 1870. The predicted octanol–water partition coefficient (Wildman–Crippen LogP) is 6.44. The number of rotatable bonds is 7. The molecule has 0 bridgehead atoms. The average Bonchev–Trinajstić information content (AvgIpc) is 3.86. The number of nitrogens with zero attached hydrogens (tertiary/aromatic N) is 2. The molecule has 2 aromatic heterocycles. The van der Waals surface area contributed by atoms with Crippen LogP contribution in [0.15, 0.2) is 46.2 Å². The summed E-state index contributed by atoms with van der Waals surface area (Å²) in [6.07, 6.45) is 6.68. The predicted molar refractivity (Wildman–Crippen MR) is 155 cm³/mol. The molecule has 2 aliphatic carbocycles. The number of ether oxygens (including phenoxy) is 2. The van der Waals surface area contributed by atoms with Crippen LogP contribution in [0.3, 0.4) is 0 Å². The largest absolute Gasteiger partial charge is 0.460 e. The first-order chi connectivity index (χ1) is 20.0. The fourth-order valence-corrected chi connectivity index (χ4v) is 5.03. The van der Waals surface area contributed by atoms with Gasteiger partial charge in [-0.2, -0.15) is 0 Å². The molecular weight excluding hydrogens is 617 g/mol. The van der Waals surface area contributed by atoms with Crippen LogP contribution >= 0.6 is 34.8 Å². The number of esters is 1. The molecule has 220 valence electrons. The summed E-state index contributed by atoms with van der Waals surface area (Å²) in [6, 6.07) is 5.36. The SMILES string of the molecule is COCCOC(=O)c1cn(C2CC2)c2cc(Cl)c(F)cc2c1=O.O=C(Cl)c1cn(C2CC2)c2cc(Cl)c(F)cc2c1=O. The first-order valence-electron chi connectivity index (χ1n) is 13.0. The number of hydrogen-bond donors (Lipinski definition) is 0. The fraction of sp³-hybridized carbons (Fsp3) is 0.310. The van der Waals surface area contributed by atoms with Crippen LogP contribution in [0.5, 0.6) is 0 Å². The van der Waals surface area contributed by atoms with Crippen molar-refractivity contribution in [1.29, 1.82) is 0 Å². The molecule has 0 N–H and O–H groups in total. The van der Waals surface area contributed by atoms with Crippen LogP contribution in [0.25, 0.3) is 21.8 Å². The molecule has 0 spiro atoms. The average molecular weight is 640 g/mol. The molecule has 8 nitrogen and oxygen atoms in total. The normalized spacial score (nSPS) is 14.5. The first-order valence-corrected chi connectivity index (χ1v) is 14.1. The summed E-state index contributed by atoms with van der Waals surface area (Å²) in [5.74, 6) is -2.12. The molecule has 4 aromatic rings. The molecule has 2 saturated carbocycles. The monoisotopic (exact) mass is 638 g/mol. The number of benzene rings is 2. The van der Waals surface area contributed by atoms with Crippen molar-refractivity contribution in [3.8, 4) is 0 Å². The second-order valence-electron chi connectivity index (χ2n) is 9.99. The summed E-state index contributed by atoms with van der Waals surface area (Å²) in [7, 11) is 1.48. The molecule has 0 saturated heterocycles. The molecule has 0 radical (unpaired) electrons. The van der Waals surface area contributed by atoms with Crippen molar-refractivity contribution in [2.45, 2.75) is 37.8 Å². The molecule has 42 heavy (non-hydrogen) atoms. The third kappa shape index (κ3) is 6.08. The molecule has 13 heteroatoms. The Morgan fingerprint density at radius 2 is 1.26 bits per heavy atom. The Morgan fingerprint density at radius 3 is 1.69 bits per heavy atom. The zero-order chi connectivity index (χ0) is 30.3. The number of halogens is 5. The quantitative estimate of drug-likeness (QED) is 0.131. The van der Waals surface area contributed by atoms with E-state index in [4.69, 9.17) is 44.3 Å². The van der Waals surface area contributed by atoms with Crippen LogP contribution in [-0.4, -0.2) is 40.7 Å². The molecule has 2 aliphatic rings. The minimum atomic E-state index is -0.836. The van der Waals surface area contributed by atoms with E-state index >= 15 is 0 Å². The van der Waals surface area contributed by atoms with Gasteiger partial charge in [0.15, 0.2) is 0 Å². The van der Waals surface area contributed by atoms with E-state index in [-0.39, 0.29) is 57.2 Å². The zero-order valence-corrected chi connectivity index (χ0v) is 24.4. The van der Waals surface area contributed by atoms with Gasteiger partial charge in [-0.05, 0) is 61.5 Å². The number of carbonyl (C=O) groups excluding carboxylic acids is 2. The van der Waals surface area contributed by atoms with Crippen LogP contribution in [0.2, 0.25) is 10.0 Å². The van der Waals surface area contributed by atoms with Gasteiger partial charge in [-0.15, -0.1) is 0 Å². The number of pyridine rings is 2. The maximum Gasteiger partial charge on any atom is 0.343 e. The van der Waals surface area contributed by atoms with E-state index in [9.17, 15) is 28.0 Å². The van der Waals surface area contributed by atoms with E-state index in [1.165, 1.54) is 31.6 Å². The summed E-state index contributed by atoms with van der Waals surface area (Å²) < 4.78 is 40.6. The maximum absolute atomic E-state index is 13.7. The van der Waals surface area contributed by atoms with Crippen molar-refractivity contribution in [3.63, 3.8) is 0 Å². The van der Waals surface area contributed by atoms with E-state index in [1.807, 2.05) is 0 Å².